The van der Waals surface area contributed by atoms with Gasteiger partial charge in [0.15, 0.2) is 5.82 Å². The summed E-state index contributed by atoms with van der Waals surface area (Å²) in [4.78, 5) is 13.2. The van der Waals surface area contributed by atoms with Crippen molar-refractivity contribution in [2.24, 2.45) is 0 Å². The van der Waals surface area contributed by atoms with E-state index < -0.39 is 0 Å². The molecular weight excluding hydrogens is 236 g/mol. The molecule has 3 aromatic rings. The van der Waals surface area contributed by atoms with Crippen molar-refractivity contribution in [2.45, 2.75) is 13.8 Å². The first-order chi connectivity index (χ1) is 9.16. The van der Waals surface area contributed by atoms with E-state index >= 15 is 0 Å². The van der Waals surface area contributed by atoms with Crippen LogP contribution in [0.5, 0.6) is 0 Å². The zero-order chi connectivity index (χ0) is 13.4. The van der Waals surface area contributed by atoms with Gasteiger partial charge in [0.05, 0.1) is 0 Å². The average molecular weight is 250 g/mol. The van der Waals surface area contributed by atoms with Crippen molar-refractivity contribution < 1.29 is 0 Å². The lowest BCUT2D eigenvalue weighted by molar-refractivity contribution is 1.08. The summed E-state index contributed by atoms with van der Waals surface area (Å²) in [5.74, 6) is 1.15. The third-order valence-corrected chi connectivity index (χ3v) is 3.34. The zero-order valence-corrected chi connectivity index (χ0v) is 10.9. The molecule has 0 aliphatic carbocycles. The van der Waals surface area contributed by atoms with Gasteiger partial charge in [-0.15, -0.1) is 0 Å². The Bertz CT molecular complexity index is 737. The van der Waals surface area contributed by atoms with Crippen LogP contribution in [0.2, 0.25) is 0 Å². The largest absolute Gasteiger partial charge is 0.383 e. The molecule has 0 radical (unpaired) electrons. The highest BCUT2D eigenvalue weighted by Crippen LogP contribution is 2.26. The topological polar surface area (TPSA) is 64.7 Å². The normalized spacial score (nSPS) is 10.8. The maximum Gasteiger partial charge on any atom is 0.163 e. The number of nitrogen functional groups attached to an aromatic ring is 1. The molecule has 94 valence electrons. The van der Waals surface area contributed by atoms with Crippen LogP contribution in [0, 0.1) is 13.8 Å². The Morgan fingerprint density at radius 2 is 1.79 bits per heavy atom. The third-order valence-electron chi connectivity index (χ3n) is 3.34. The standard InChI is InChI=1S/C15H14N4/c1-9-10(2)18-15(19-14(9)16)13-8-17-7-11-5-3-4-6-12(11)13/h3-8H,1-2H3,(H2,16,18,19). The molecule has 4 heteroatoms. The van der Waals surface area contributed by atoms with Gasteiger partial charge in [0.1, 0.15) is 5.82 Å². The second-order valence-corrected chi connectivity index (χ2v) is 4.55. The van der Waals surface area contributed by atoms with Gasteiger partial charge in [-0.3, -0.25) is 4.98 Å². The Morgan fingerprint density at radius 3 is 2.58 bits per heavy atom. The molecule has 0 aliphatic rings. The van der Waals surface area contributed by atoms with E-state index in [4.69, 9.17) is 5.73 Å². The quantitative estimate of drug-likeness (QED) is 0.721. The van der Waals surface area contributed by atoms with E-state index in [9.17, 15) is 0 Å². The molecule has 0 amide bonds. The fraction of sp³-hybridized carbons (Fsp3) is 0.133. The molecule has 2 aromatic heterocycles. The van der Waals surface area contributed by atoms with Crippen LogP contribution in [-0.2, 0) is 0 Å². The lowest BCUT2D eigenvalue weighted by Crippen LogP contribution is -2.02. The predicted molar refractivity (Wildman–Crippen MR) is 76.7 cm³/mol. The second-order valence-electron chi connectivity index (χ2n) is 4.55. The number of pyridine rings is 1. The molecule has 19 heavy (non-hydrogen) atoms. The summed E-state index contributed by atoms with van der Waals surface area (Å²) in [6, 6.07) is 8.05. The highest BCUT2D eigenvalue weighted by Gasteiger charge is 2.10. The van der Waals surface area contributed by atoms with Gasteiger partial charge in [0, 0.05) is 34.6 Å². The SMILES string of the molecule is Cc1nc(-c2cncc3ccccc23)nc(N)c1C. The van der Waals surface area contributed by atoms with Gasteiger partial charge in [0.25, 0.3) is 0 Å². The smallest absolute Gasteiger partial charge is 0.163 e. The number of hydrogen-bond acceptors (Lipinski definition) is 4. The Hall–Kier alpha value is -2.49. The number of rotatable bonds is 1. The fourth-order valence-corrected chi connectivity index (χ4v) is 2.07. The average Bonchev–Trinajstić information content (AvgIpc) is 2.43. The van der Waals surface area contributed by atoms with Crippen molar-refractivity contribution in [3.8, 4) is 11.4 Å². The molecule has 1 aromatic carbocycles. The fourth-order valence-electron chi connectivity index (χ4n) is 2.07. The van der Waals surface area contributed by atoms with Crippen molar-refractivity contribution in [1.82, 2.24) is 15.0 Å². The van der Waals surface area contributed by atoms with E-state index in [1.165, 1.54) is 0 Å². The Morgan fingerprint density at radius 1 is 1.00 bits per heavy atom. The number of anilines is 1. The number of aryl methyl sites for hydroxylation is 1. The first-order valence-electron chi connectivity index (χ1n) is 6.10. The number of aromatic nitrogens is 3. The minimum absolute atomic E-state index is 0.524. The van der Waals surface area contributed by atoms with Crippen LogP contribution in [0.1, 0.15) is 11.3 Å². The van der Waals surface area contributed by atoms with Gasteiger partial charge in [-0.05, 0) is 19.2 Å². The van der Waals surface area contributed by atoms with Crippen molar-refractivity contribution in [2.75, 3.05) is 5.73 Å². The van der Waals surface area contributed by atoms with E-state index in [0.717, 1.165) is 27.6 Å². The van der Waals surface area contributed by atoms with Crippen molar-refractivity contribution in [3.63, 3.8) is 0 Å². The monoisotopic (exact) mass is 250 g/mol. The predicted octanol–water partition coefficient (Wildman–Crippen LogP) is 2.89. The molecule has 0 fully saturated rings. The number of fused-ring (bicyclic) bond motifs is 1. The van der Waals surface area contributed by atoms with Gasteiger partial charge in [-0.25, -0.2) is 9.97 Å². The Kier molecular flexibility index (Phi) is 2.63. The molecule has 0 saturated heterocycles. The van der Waals surface area contributed by atoms with Crippen LogP contribution in [0.25, 0.3) is 22.2 Å². The number of nitrogens with two attached hydrogens (primary N) is 1. The van der Waals surface area contributed by atoms with Gasteiger partial charge >= 0.3 is 0 Å². The van der Waals surface area contributed by atoms with E-state index in [-0.39, 0.29) is 0 Å². The first-order valence-corrected chi connectivity index (χ1v) is 6.10. The first kappa shape index (κ1) is 11.6. The molecule has 0 spiro atoms. The summed E-state index contributed by atoms with van der Waals surface area (Å²) < 4.78 is 0. The number of hydrogen-bond donors (Lipinski definition) is 1. The summed E-state index contributed by atoms with van der Waals surface area (Å²) in [7, 11) is 0. The minimum atomic E-state index is 0.524. The molecule has 0 saturated carbocycles. The second kappa shape index (κ2) is 4.31. The van der Waals surface area contributed by atoms with Crippen LogP contribution in [-0.4, -0.2) is 15.0 Å². The lowest BCUT2D eigenvalue weighted by atomic mass is 10.1. The van der Waals surface area contributed by atoms with Gasteiger partial charge in [-0.2, -0.15) is 0 Å². The van der Waals surface area contributed by atoms with E-state index in [1.54, 1.807) is 6.20 Å². The minimum Gasteiger partial charge on any atom is -0.383 e. The maximum absolute atomic E-state index is 5.93. The van der Waals surface area contributed by atoms with Crippen molar-refractivity contribution in [1.29, 1.82) is 0 Å². The Labute approximate surface area is 111 Å². The summed E-state index contributed by atoms with van der Waals surface area (Å²) >= 11 is 0. The van der Waals surface area contributed by atoms with E-state index in [2.05, 4.69) is 15.0 Å². The van der Waals surface area contributed by atoms with E-state index in [0.29, 0.717) is 11.6 Å². The summed E-state index contributed by atoms with van der Waals surface area (Å²) in [5.41, 5.74) is 8.67. The molecule has 0 atom stereocenters. The molecule has 3 rings (SSSR count). The highest BCUT2D eigenvalue weighted by atomic mass is 15.0. The van der Waals surface area contributed by atoms with Crippen LogP contribution in [0.15, 0.2) is 36.7 Å². The van der Waals surface area contributed by atoms with Crippen molar-refractivity contribution in [3.05, 3.63) is 47.9 Å². The van der Waals surface area contributed by atoms with Crippen LogP contribution in [0.4, 0.5) is 5.82 Å². The molecule has 2 heterocycles. The molecule has 0 aliphatic heterocycles. The summed E-state index contributed by atoms with van der Waals surface area (Å²) in [5, 5.41) is 2.15. The summed E-state index contributed by atoms with van der Waals surface area (Å²) in [6.07, 6.45) is 3.62. The number of benzene rings is 1. The summed E-state index contributed by atoms with van der Waals surface area (Å²) in [6.45, 7) is 3.87. The molecular formula is C15H14N4. The highest BCUT2D eigenvalue weighted by molar-refractivity contribution is 5.94. The van der Waals surface area contributed by atoms with Crippen LogP contribution in [0.3, 0.4) is 0 Å². The molecule has 0 bridgehead atoms. The van der Waals surface area contributed by atoms with Gasteiger partial charge in [0.2, 0.25) is 0 Å². The number of nitrogens with zero attached hydrogens (tertiary/aromatic N) is 3. The van der Waals surface area contributed by atoms with E-state index in [1.807, 2.05) is 44.3 Å². The Balaban J connectivity index is 2.31. The molecule has 4 nitrogen and oxygen atoms in total. The van der Waals surface area contributed by atoms with Crippen LogP contribution < -0.4 is 5.73 Å². The zero-order valence-electron chi connectivity index (χ0n) is 10.9. The van der Waals surface area contributed by atoms with Gasteiger partial charge < -0.3 is 5.73 Å². The van der Waals surface area contributed by atoms with Crippen LogP contribution >= 0.6 is 0 Å². The molecule has 2 N–H and O–H groups in total. The lowest BCUT2D eigenvalue weighted by Gasteiger charge is -2.08. The van der Waals surface area contributed by atoms with Crippen molar-refractivity contribution >= 4 is 16.6 Å². The maximum atomic E-state index is 5.93. The third kappa shape index (κ3) is 1.91. The van der Waals surface area contributed by atoms with Gasteiger partial charge in [-0.1, -0.05) is 24.3 Å². The molecule has 0 unspecified atom stereocenters.